The highest BCUT2D eigenvalue weighted by molar-refractivity contribution is 6.14. The third-order valence-corrected chi connectivity index (χ3v) is 4.61. The van der Waals surface area contributed by atoms with Crippen LogP contribution in [0.15, 0.2) is 42.5 Å². The van der Waals surface area contributed by atoms with Gasteiger partial charge in [-0.15, -0.1) is 0 Å². The summed E-state index contributed by atoms with van der Waals surface area (Å²) in [6, 6.07) is 13.5. The Balaban J connectivity index is 2.19. The molecule has 0 aliphatic rings. The summed E-state index contributed by atoms with van der Waals surface area (Å²) < 4.78 is 0. The zero-order valence-electron chi connectivity index (χ0n) is 16.4. The van der Waals surface area contributed by atoms with Crippen LogP contribution in [-0.4, -0.2) is 11.8 Å². The van der Waals surface area contributed by atoms with Gasteiger partial charge >= 0.3 is 0 Å². The minimum Gasteiger partial charge on any atom is -0.325 e. The van der Waals surface area contributed by atoms with Crippen LogP contribution in [0.5, 0.6) is 0 Å². The molecule has 0 saturated carbocycles. The van der Waals surface area contributed by atoms with Crippen LogP contribution in [0.3, 0.4) is 0 Å². The van der Waals surface area contributed by atoms with E-state index in [1.54, 1.807) is 13.8 Å². The number of benzene rings is 2. The summed E-state index contributed by atoms with van der Waals surface area (Å²) in [6.45, 7) is 11.3. The van der Waals surface area contributed by atoms with E-state index < -0.39 is 5.41 Å². The zero-order chi connectivity index (χ0) is 19.5. The molecule has 0 spiro atoms. The highest BCUT2D eigenvalue weighted by Crippen LogP contribution is 2.27. The molecule has 138 valence electrons. The van der Waals surface area contributed by atoms with Crippen LogP contribution < -0.4 is 10.6 Å². The van der Waals surface area contributed by atoms with Crippen molar-refractivity contribution in [2.24, 2.45) is 5.41 Å². The lowest BCUT2D eigenvalue weighted by Gasteiger charge is -2.24. The number of carbonyl (C=O) groups excluding carboxylic acids is 2. The van der Waals surface area contributed by atoms with Crippen molar-refractivity contribution in [1.82, 2.24) is 0 Å². The number of nitrogens with one attached hydrogen (secondary N) is 2. The van der Waals surface area contributed by atoms with Gasteiger partial charge in [0.15, 0.2) is 0 Å². The molecule has 4 heteroatoms. The Morgan fingerprint density at radius 3 is 2.08 bits per heavy atom. The molecule has 0 atom stereocenters. The smallest absolute Gasteiger partial charge is 0.239 e. The van der Waals surface area contributed by atoms with Gasteiger partial charge in [0, 0.05) is 11.4 Å². The van der Waals surface area contributed by atoms with E-state index in [9.17, 15) is 9.59 Å². The standard InChI is InChI=1S/C22H28N2O2/c1-14(2)17-9-7-8-10-18(17)23-20(25)22(5,6)21(26)24-19-13-15(3)11-12-16(19)4/h7-14H,1-6H3,(H,23,25)(H,24,26). The lowest BCUT2D eigenvalue weighted by Crippen LogP contribution is -2.41. The first-order valence-electron chi connectivity index (χ1n) is 8.92. The van der Waals surface area contributed by atoms with Gasteiger partial charge in [0.1, 0.15) is 5.41 Å². The number of para-hydroxylation sites is 1. The number of carbonyl (C=O) groups is 2. The van der Waals surface area contributed by atoms with Crippen LogP contribution in [0.4, 0.5) is 11.4 Å². The normalized spacial score (nSPS) is 11.3. The molecule has 0 unspecified atom stereocenters. The summed E-state index contributed by atoms with van der Waals surface area (Å²) in [5, 5.41) is 5.82. The largest absolute Gasteiger partial charge is 0.325 e. The van der Waals surface area contributed by atoms with Crippen LogP contribution >= 0.6 is 0 Å². The van der Waals surface area contributed by atoms with Gasteiger partial charge in [-0.3, -0.25) is 9.59 Å². The first-order valence-corrected chi connectivity index (χ1v) is 8.92. The first kappa shape index (κ1) is 19.7. The van der Waals surface area contributed by atoms with Crippen molar-refractivity contribution < 1.29 is 9.59 Å². The SMILES string of the molecule is Cc1ccc(C)c(NC(=O)C(C)(C)C(=O)Nc2ccccc2C(C)C)c1. The molecule has 0 heterocycles. The number of hydrogen-bond donors (Lipinski definition) is 2. The molecule has 2 aromatic rings. The third-order valence-electron chi connectivity index (χ3n) is 4.61. The minimum atomic E-state index is -1.21. The fourth-order valence-electron chi connectivity index (χ4n) is 2.65. The highest BCUT2D eigenvalue weighted by atomic mass is 16.2. The van der Waals surface area contributed by atoms with Crippen LogP contribution in [-0.2, 0) is 9.59 Å². The third kappa shape index (κ3) is 4.31. The molecule has 0 radical (unpaired) electrons. The molecule has 0 aromatic heterocycles. The van der Waals surface area contributed by atoms with Crippen LogP contribution in [0.25, 0.3) is 0 Å². The second-order valence-corrected chi connectivity index (χ2v) is 7.59. The second-order valence-electron chi connectivity index (χ2n) is 7.59. The summed E-state index contributed by atoms with van der Waals surface area (Å²) >= 11 is 0. The minimum absolute atomic E-state index is 0.276. The van der Waals surface area contributed by atoms with Crippen molar-refractivity contribution >= 4 is 23.2 Å². The highest BCUT2D eigenvalue weighted by Gasteiger charge is 2.36. The average Bonchev–Trinajstić information content (AvgIpc) is 2.58. The van der Waals surface area contributed by atoms with Crippen LogP contribution in [0.1, 0.15) is 50.3 Å². The maximum Gasteiger partial charge on any atom is 0.239 e. The fraction of sp³-hybridized carbons (Fsp3) is 0.364. The van der Waals surface area contributed by atoms with Gasteiger partial charge < -0.3 is 10.6 Å². The molecule has 2 amide bonds. The van der Waals surface area contributed by atoms with E-state index in [4.69, 9.17) is 0 Å². The number of rotatable bonds is 5. The average molecular weight is 352 g/mol. The lowest BCUT2D eigenvalue weighted by atomic mass is 9.90. The lowest BCUT2D eigenvalue weighted by molar-refractivity contribution is -0.135. The Morgan fingerprint density at radius 1 is 0.885 bits per heavy atom. The molecule has 4 nitrogen and oxygen atoms in total. The van der Waals surface area contributed by atoms with E-state index in [2.05, 4.69) is 24.5 Å². The van der Waals surface area contributed by atoms with Gasteiger partial charge in [-0.05, 0) is 62.4 Å². The topological polar surface area (TPSA) is 58.2 Å². The van der Waals surface area contributed by atoms with E-state index in [-0.39, 0.29) is 17.7 Å². The molecule has 2 aromatic carbocycles. The van der Waals surface area contributed by atoms with Crippen molar-refractivity contribution in [3.05, 3.63) is 59.2 Å². The molecule has 0 fully saturated rings. The number of anilines is 2. The van der Waals surface area contributed by atoms with Crippen molar-refractivity contribution in [2.45, 2.75) is 47.5 Å². The van der Waals surface area contributed by atoms with Gasteiger partial charge in [-0.2, -0.15) is 0 Å². The molecule has 0 aliphatic heterocycles. The Kier molecular flexibility index (Phi) is 5.86. The van der Waals surface area contributed by atoms with Crippen molar-refractivity contribution in [3.8, 4) is 0 Å². The van der Waals surface area contributed by atoms with Gasteiger partial charge in [-0.25, -0.2) is 0 Å². The van der Waals surface area contributed by atoms with E-state index in [0.717, 1.165) is 28.1 Å². The maximum atomic E-state index is 12.8. The van der Waals surface area contributed by atoms with Gasteiger partial charge in [0.05, 0.1) is 0 Å². The fourth-order valence-corrected chi connectivity index (χ4v) is 2.65. The number of hydrogen-bond acceptors (Lipinski definition) is 2. The summed E-state index contributed by atoms with van der Waals surface area (Å²) in [4.78, 5) is 25.6. The van der Waals surface area contributed by atoms with E-state index in [1.165, 1.54) is 0 Å². The quantitative estimate of drug-likeness (QED) is 0.742. The summed E-state index contributed by atoms with van der Waals surface area (Å²) in [6.07, 6.45) is 0. The Morgan fingerprint density at radius 2 is 1.46 bits per heavy atom. The maximum absolute atomic E-state index is 12.8. The van der Waals surface area contributed by atoms with Crippen molar-refractivity contribution in [2.75, 3.05) is 10.6 Å². The van der Waals surface area contributed by atoms with E-state index in [1.807, 2.05) is 56.3 Å². The van der Waals surface area contributed by atoms with Crippen molar-refractivity contribution in [1.29, 1.82) is 0 Å². The molecule has 2 N–H and O–H groups in total. The molecule has 2 rings (SSSR count). The molecule has 0 bridgehead atoms. The Bertz CT molecular complexity index is 823. The van der Waals surface area contributed by atoms with Gasteiger partial charge in [0.2, 0.25) is 11.8 Å². The number of amides is 2. The molecule has 0 aliphatic carbocycles. The van der Waals surface area contributed by atoms with Gasteiger partial charge in [0.25, 0.3) is 0 Å². The van der Waals surface area contributed by atoms with E-state index in [0.29, 0.717) is 0 Å². The zero-order valence-corrected chi connectivity index (χ0v) is 16.4. The second kappa shape index (κ2) is 7.73. The summed E-state index contributed by atoms with van der Waals surface area (Å²) in [7, 11) is 0. The predicted molar refractivity (Wildman–Crippen MR) is 107 cm³/mol. The molecule has 0 saturated heterocycles. The Labute approximate surface area is 156 Å². The molecular weight excluding hydrogens is 324 g/mol. The van der Waals surface area contributed by atoms with E-state index >= 15 is 0 Å². The molecular formula is C22H28N2O2. The predicted octanol–water partition coefficient (Wildman–Crippen LogP) is 5.03. The van der Waals surface area contributed by atoms with Crippen LogP contribution in [0.2, 0.25) is 0 Å². The summed E-state index contributed by atoms with van der Waals surface area (Å²) in [5.41, 5.74) is 3.34. The Hall–Kier alpha value is -2.62. The monoisotopic (exact) mass is 352 g/mol. The van der Waals surface area contributed by atoms with Crippen LogP contribution in [0, 0.1) is 19.3 Å². The first-order chi connectivity index (χ1) is 12.1. The summed E-state index contributed by atoms with van der Waals surface area (Å²) in [5.74, 6) is -0.377. The van der Waals surface area contributed by atoms with Gasteiger partial charge in [-0.1, -0.05) is 44.2 Å². The number of aryl methyl sites for hydroxylation is 2. The molecule has 26 heavy (non-hydrogen) atoms. The van der Waals surface area contributed by atoms with Crippen molar-refractivity contribution in [3.63, 3.8) is 0 Å².